The molecule has 0 saturated carbocycles. The zero-order valence-electron chi connectivity index (χ0n) is 13.8. The van der Waals surface area contributed by atoms with Gasteiger partial charge in [0.05, 0.1) is 5.56 Å². The van der Waals surface area contributed by atoms with Crippen molar-refractivity contribution in [1.82, 2.24) is 0 Å². The number of phenolic OH excluding ortho intramolecular Hbond substituents is 1. The van der Waals surface area contributed by atoms with E-state index in [1.165, 1.54) is 0 Å². The first-order chi connectivity index (χ1) is 11.4. The van der Waals surface area contributed by atoms with Crippen molar-refractivity contribution in [3.05, 3.63) is 53.1 Å². The number of fused-ring (bicyclic) bond motifs is 3. The van der Waals surface area contributed by atoms with Crippen LogP contribution in [0.5, 0.6) is 17.2 Å². The fraction of sp³-hybridized carbons (Fsp3) is 0.350. The van der Waals surface area contributed by atoms with Gasteiger partial charge in [-0.1, -0.05) is 12.1 Å². The van der Waals surface area contributed by atoms with Gasteiger partial charge in [0.1, 0.15) is 22.8 Å². The predicted octanol–water partition coefficient (Wildman–Crippen LogP) is 3.68. The average Bonchev–Trinajstić information content (AvgIpc) is 2.85. The number of ketones is 1. The van der Waals surface area contributed by atoms with Crippen molar-refractivity contribution in [1.29, 1.82) is 0 Å². The summed E-state index contributed by atoms with van der Waals surface area (Å²) in [5.41, 5.74) is 2.44. The Hall–Kier alpha value is -2.49. The molecule has 4 nitrogen and oxygen atoms in total. The second-order valence-corrected chi connectivity index (χ2v) is 7.12. The van der Waals surface area contributed by atoms with Gasteiger partial charge in [-0.05, 0) is 56.5 Å². The molecule has 2 aliphatic heterocycles. The molecular formula is C20H20O4. The van der Waals surface area contributed by atoms with Gasteiger partial charge in [-0.2, -0.15) is 0 Å². The van der Waals surface area contributed by atoms with Gasteiger partial charge in [0.25, 0.3) is 0 Å². The van der Waals surface area contributed by atoms with E-state index in [1.807, 2.05) is 24.3 Å². The van der Waals surface area contributed by atoms with Gasteiger partial charge in [-0.15, -0.1) is 0 Å². The number of benzene rings is 2. The molecule has 0 spiro atoms. The first-order valence-corrected chi connectivity index (χ1v) is 8.27. The van der Waals surface area contributed by atoms with E-state index in [0.29, 0.717) is 17.7 Å². The minimum Gasteiger partial charge on any atom is -0.508 e. The predicted molar refractivity (Wildman–Crippen MR) is 90.0 cm³/mol. The van der Waals surface area contributed by atoms with Crippen molar-refractivity contribution < 1.29 is 19.4 Å². The fourth-order valence-corrected chi connectivity index (χ4v) is 3.40. The maximum Gasteiger partial charge on any atom is 0.207 e. The van der Waals surface area contributed by atoms with Crippen molar-refractivity contribution in [2.45, 2.75) is 44.8 Å². The number of rotatable bonds is 2. The molecule has 2 aliphatic rings. The quantitative estimate of drug-likeness (QED) is 0.915. The van der Waals surface area contributed by atoms with Gasteiger partial charge in [-0.3, -0.25) is 4.79 Å². The fourth-order valence-electron chi connectivity index (χ4n) is 3.40. The van der Waals surface area contributed by atoms with Gasteiger partial charge >= 0.3 is 0 Å². The van der Waals surface area contributed by atoms with E-state index in [1.54, 1.807) is 12.1 Å². The second-order valence-electron chi connectivity index (χ2n) is 7.12. The number of aromatic hydroxyl groups is 1. The number of hydrogen-bond acceptors (Lipinski definition) is 4. The van der Waals surface area contributed by atoms with Crippen molar-refractivity contribution in [3.8, 4) is 17.2 Å². The molecule has 2 aromatic carbocycles. The summed E-state index contributed by atoms with van der Waals surface area (Å²) in [7, 11) is 0. The maximum atomic E-state index is 12.7. The molecule has 4 rings (SSSR count). The molecule has 0 saturated heterocycles. The third-order valence-corrected chi connectivity index (χ3v) is 4.76. The first-order valence-electron chi connectivity index (χ1n) is 8.27. The Morgan fingerprint density at radius 2 is 1.92 bits per heavy atom. The smallest absolute Gasteiger partial charge is 0.207 e. The summed E-state index contributed by atoms with van der Waals surface area (Å²) in [6.07, 6.45) is 1.74. The minimum atomic E-state index is -0.508. The summed E-state index contributed by atoms with van der Waals surface area (Å²) in [6.45, 7) is 4.14. The van der Waals surface area contributed by atoms with Crippen molar-refractivity contribution in [2.24, 2.45) is 0 Å². The number of phenols is 1. The molecule has 2 aromatic rings. The third-order valence-electron chi connectivity index (χ3n) is 4.76. The maximum absolute atomic E-state index is 12.7. The molecule has 124 valence electrons. The van der Waals surface area contributed by atoms with Gasteiger partial charge in [0.2, 0.25) is 5.78 Å². The number of carbonyl (C=O) groups is 1. The Morgan fingerprint density at radius 1 is 1.17 bits per heavy atom. The Morgan fingerprint density at radius 3 is 2.67 bits per heavy atom. The Balaban J connectivity index is 1.62. The van der Waals surface area contributed by atoms with Crippen LogP contribution in [0.1, 0.15) is 41.8 Å². The molecule has 1 atom stereocenters. The summed E-state index contributed by atoms with van der Waals surface area (Å²) < 4.78 is 12.1. The Labute approximate surface area is 141 Å². The molecule has 1 N–H and O–H groups in total. The largest absolute Gasteiger partial charge is 0.508 e. The van der Waals surface area contributed by atoms with E-state index < -0.39 is 6.10 Å². The van der Waals surface area contributed by atoms with E-state index in [4.69, 9.17) is 9.47 Å². The Kier molecular flexibility index (Phi) is 3.30. The summed E-state index contributed by atoms with van der Waals surface area (Å²) >= 11 is 0. The molecule has 0 aliphatic carbocycles. The molecule has 4 heteroatoms. The molecule has 0 bridgehead atoms. The standard InChI is InChI=1S/C20H20O4/c1-20(2)10-9-14-16(24-20)8-7-15-18(22)17(23-19(14)15)11-12-3-5-13(21)6-4-12/h3-8,17,21H,9-11H2,1-2H3. The molecule has 2 heterocycles. The van der Waals surface area contributed by atoms with E-state index in [9.17, 15) is 9.90 Å². The van der Waals surface area contributed by atoms with Crippen LogP contribution in [0, 0.1) is 0 Å². The van der Waals surface area contributed by atoms with Crippen LogP contribution in [-0.4, -0.2) is 22.6 Å². The molecule has 0 aromatic heterocycles. The van der Waals surface area contributed by atoms with Crippen LogP contribution in [0.25, 0.3) is 0 Å². The summed E-state index contributed by atoms with van der Waals surface area (Å²) in [6, 6.07) is 10.6. The van der Waals surface area contributed by atoms with E-state index in [-0.39, 0.29) is 17.1 Å². The lowest BCUT2D eigenvalue weighted by atomic mass is 9.92. The van der Waals surface area contributed by atoms with Crippen LogP contribution >= 0.6 is 0 Å². The first kappa shape index (κ1) is 15.1. The highest BCUT2D eigenvalue weighted by atomic mass is 16.5. The number of ether oxygens (including phenoxy) is 2. The number of Topliss-reactive ketones (excluding diaryl/α,β-unsaturated/α-hetero) is 1. The van der Waals surface area contributed by atoms with E-state index >= 15 is 0 Å². The van der Waals surface area contributed by atoms with Crippen LogP contribution in [0.2, 0.25) is 0 Å². The highest BCUT2D eigenvalue weighted by Gasteiger charge is 2.38. The number of carbonyl (C=O) groups excluding carboxylic acids is 1. The van der Waals surface area contributed by atoms with Crippen LogP contribution in [0.3, 0.4) is 0 Å². The van der Waals surface area contributed by atoms with Gasteiger partial charge in [0.15, 0.2) is 6.10 Å². The average molecular weight is 324 g/mol. The van der Waals surface area contributed by atoms with E-state index in [0.717, 1.165) is 29.7 Å². The zero-order chi connectivity index (χ0) is 16.9. The normalized spacial score (nSPS) is 20.8. The van der Waals surface area contributed by atoms with Crippen molar-refractivity contribution >= 4 is 5.78 Å². The Bertz CT molecular complexity index is 805. The summed E-state index contributed by atoms with van der Waals surface area (Å²) in [5.74, 6) is 1.75. The topological polar surface area (TPSA) is 55.8 Å². The second kappa shape index (κ2) is 5.26. The summed E-state index contributed by atoms with van der Waals surface area (Å²) in [5, 5.41) is 9.37. The lowest BCUT2D eigenvalue weighted by Crippen LogP contribution is -2.32. The highest BCUT2D eigenvalue weighted by Crippen LogP contribution is 2.43. The van der Waals surface area contributed by atoms with Gasteiger partial charge in [0, 0.05) is 12.0 Å². The highest BCUT2D eigenvalue weighted by molar-refractivity contribution is 6.05. The zero-order valence-corrected chi connectivity index (χ0v) is 13.8. The van der Waals surface area contributed by atoms with Crippen LogP contribution in [0.4, 0.5) is 0 Å². The minimum absolute atomic E-state index is 0.0192. The monoisotopic (exact) mass is 324 g/mol. The lowest BCUT2D eigenvalue weighted by molar-refractivity contribution is 0.0806. The third kappa shape index (κ3) is 2.52. The number of hydrogen-bond donors (Lipinski definition) is 1. The summed E-state index contributed by atoms with van der Waals surface area (Å²) in [4.78, 5) is 12.7. The molecule has 0 amide bonds. The SMILES string of the molecule is CC1(C)CCc2c(ccc3c2OC(Cc2ccc(O)cc2)C3=O)O1. The molecule has 0 radical (unpaired) electrons. The van der Waals surface area contributed by atoms with Crippen molar-refractivity contribution in [3.63, 3.8) is 0 Å². The van der Waals surface area contributed by atoms with Crippen LogP contribution in [-0.2, 0) is 12.8 Å². The van der Waals surface area contributed by atoms with Crippen molar-refractivity contribution in [2.75, 3.05) is 0 Å². The molecular weight excluding hydrogens is 304 g/mol. The van der Waals surface area contributed by atoms with E-state index in [2.05, 4.69) is 13.8 Å². The van der Waals surface area contributed by atoms with Gasteiger partial charge < -0.3 is 14.6 Å². The lowest BCUT2D eigenvalue weighted by Gasteiger charge is -2.33. The van der Waals surface area contributed by atoms with Crippen LogP contribution in [0.15, 0.2) is 36.4 Å². The van der Waals surface area contributed by atoms with Gasteiger partial charge in [-0.25, -0.2) is 0 Å². The molecule has 24 heavy (non-hydrogen) atoms. The molecule has 0 fully saturated rings. The molecule has 1 unspecified atom stereocenters. The van der Waals surface area contributed by atoms with Crippen LogP contribution < -0.4 is 9.47 Å².